The molecule has 0 fully saturated rings. The Morgan fingerprint density at radius 1 is 0.846 bits per heavy atom. The molecule has 26 heavy (non-hydrogen) atoms. The summed E-state index contributed by atoms with van der Waals surface area (Å²) >= 11 is 7.50. The number of aromatic nitrogens is 1. The molecular formula is C21H15ClN2OS. The molecule has 1 aromatic heterocycles. The van der Waals surface area contributed by atoms with Gasteiger partial charge in [0.1, 0.15) is 11.5 Å². The highest BCUT2D eigenvalue weighted by atomic mass is 35.5. The van der Waals surface area contributed by atoms with Crippen molar-refractivity contribution in [1.29, 1.82) is 0 Å². The molecule has 0 aliphatic carbocycles. The van der Waals surface area contributed by atoms with Crippen LogP contribution in [0, 0.1) is 0 Å². The molecule has 4 rings (SSSR count). The molecule has 0 amide bonds. The number of rotatable bonds is 5. The summed E-state index contributed by atoms with van der Waals surface area (Å²) < 4.78 is 5.87. The van der Waals surface area contributed by atoms with E-state index in [4.69, 9.17) is 16.3 Å². The van der Waals surface area contributed by atoms with Crippen LogP contribution in [0.3, 0.4) is 0 Å². The van der Waals surface area contributed by atoms with Crippen LogP contribution >= 0.6 is 22.9 Å². The van der Waals surface area contributed by atoms with E-state index in [1.54, 1.807) is 11.3 Å². The van der Waals surface area contributed by atoms with Gasteiger partial charge in [-0.3, -0.25) is 0 Å². The summed E-state index contributed by atoms with van der Waals surface area (Å²) in [5.41, 5.74) is 2.89. The largest absolute Gasteiger partial charge is 0.457 e. The zero-order valence-electron chi connectivity index (χ0n) is 13.7. The molecule has 1 heterocycles. The van der Waals surface area contributed by atoms with Crippen molar-refractivity contribution in [3.05, 3.63) is 89.3 Å². The van der Waals surface area contributed by atoms with Crippen LogP contribution < -0.4 is 10.1 Å². The average molecular weight is 379 g/mol. The molecule has 0 atom stereocenters. The van der Waals surface area contributed by atoms with Crippen LogP contribution in [-0.2, 0) is 0 Å². The van der Waals surface area contributed by atoms with E-state index >= 15 is 0 Å². The minimum absolute atomic E-state index is 0.720. The summed E-state index contributed by atoms with van der Waals surface area (Å²) in [6.07, 6.45) is 0. The predicted molar refractivity (Wildman–Crippen MR) is 109 cm³/mol. The number of hydrogen-bond donors (Lipinski definition) is 1. The normalized spacial score (nSPS) is 10.5. The maximum absolute atomic E-state index is 5.94. The lowest BCUT2D eigenvalue weighted by Crippen LogP contribution is -1.91. The summed E-state index contributed by atoms with van der Waals surface area (Å²) in [6, 6.07) is 25.2. The Hall–Kier alpha value is -2.82. The maximum Gasteiger partial charge on any atom is 0.187 e. The van der Waals surface area contributed by atoms with Crippen LogP contribution in [0.4, 0.5) is 10.8 Å². The zero-order valence-corrected chi connectivity index (χ0v) is 15.3. The van der Waals surface area contributed by atoms with Crippen LogP contribution in [-0.4, -0.2) is 4.98 Å². The minimum atomic E-state index is 0.720. The molecule has 0 saturated carbocycles. The van der Waals surface area contributed by atoms with E-state index in [9.17, 15) is 0 Å². The first kappa shape index (κ1) is 16.6. The van der Waals surface area contributed by atoms with Gasteiger partial charge in [-0.2, -0.15) is 0 Å². The standard InChI is InChI=1S/C21H15ClN2OS/c22-16-11-9-15(10-12-16)20-14-26-21(24-20)23-17-5-4-8-19(13-17)25-18-6-2-1-3-7-18/h1-14H,(H,23,24). The van der Waals surface area contributed by atoms with Gasteiger partial charge in [-0.1, -0.05) is 48.0 Å². The Kier molecular flexibility index (Phi) is 4.86. The fourth-order valence-electron chi connectivity index (χ4n) is 2.47. The number of anilines is 2. The quantitative estimate of drug-likeness (QED) is 0.406. The summed E-state index contributed by atoms with van der Waals surface area (Å²) in [5, 5.41) is 6.90. The SMILES string of the molecule is Clc1ccc(-c2csc(Nc3cccc(Oc4ccccc4)c3)n2)cc1. The monoisotopic (exact) mass is 378 g/mol. The third-order valence-corrected chi connectivity index (χ3v) is 4.72. The first-order chi connectivity index (χ1) is 12.8. The Morgan fingerprint density at radius 2 is 1.62 bits per heavy atom. The zero-order chi connectivity index (χ0) is 17.8. The van der Waals surface area contributed by atoms with E-state index in [0.717, 1.165) is 38.6 Å². The Morgan fingerprint density at radius 3 is 2.42 bits per heavy atom. The van der Waals surface area contributed by atoms with Crippen LogP contribution in [0.2, 0.25) is 5.02 Å². The minimum Gasteiger partial charge on any atom is -0.457 e. The third-order valence-electron chi connectivity index (χ3n) is 3.71. The molecule has 1 N–H and O–H groups in total. The number of hydrogen-bond acceptors (Lipinski definition) is 4. The van der Waals surface area contributed by atoms with E-state index in [2.05, 4.69) is 10.3 Å². The van der Waals surface area contributed by atoms with Gasteiger partial charge in [-0.25, -0.2) is 4.98 Å². The molecule has 128 valence electrons. The highest BCUT2D eigenvalue weighted by Crippen LogP contribution is 2.30. The van der Waals surface area contributed by atoms with Crippen molar-refractivity contribution in [2.24, 2.45) is 0 Å². The smallest absolute Gasteiger partial charge is 0.187 e. The first-order valence-electron chi connectivity index (χ1n) is 8.08. The van der Waals surface area contributed by atoms with Gasteiger partial charge in [-0.15, -0.1) is 11.3 Å². The molecule has 5 heteroatoms. The first-order valence-corrected chi connectivity index (χ1v) is 9.33. The van der Waals surface area contributed by atoms with Crippen LogP contribution in [0.15, 0.2) is 84.2 Å². The van der Waals surface area contributed by atoms with Gasteiger partial charge in [-0.05, 0) is 36.4 Å². The molecule has 0 saturated heterocycles. The van der Waals surface area contributed by atoms with Gasteiger partial charge in [0.2, 0.25) is 0 Å². The summed E-state index contributed by atoms with van der Waals surface area (Å²) in [5.74, 6) is 1.58. The van der Waals surface area contributed by atoms with Crippen LogP contribution in [0.25, 0.3) is 11.3 Å². The van der Waals surface area contributed by atoms with E-state index < -0.39 is 0 Å². The molecule has 4 aromatic rings. The van der Waals surface area contributed by atoms with E-state index in [1.807, 2.05) is 84.2 Å². The topological polar surface area (TPSA) is 34.1 Å². The Labute approximate surface area is 160 Å². The average Bonchev–Trinajstić information content (AvgIpc) is 3.12. The molecule has 3 aromatic carbocycles. The molecule has 0 radical (unpaired) electrons. The fraction of sp³-hybridized carbons (Fsp3) is 0. The van der Waals surface area contributed by atoms with Gasteiger partial charge in [0, 0.05) is 27.7 Å². The lowest BCUT2D eigenvalue weighted by atomic mass is 10.2. The highest BCUT2D eigenvalue weighted by molar-refractivity contribution is 7.14. The molecule has 0 unspecified atom stereocenters. The van der Waals surface area contributed by atoms with Crippen molar-refractivity contribution in [3.63, 3.8) is 0 Å². The van der Waals surface area contributed by atoms with Gasteiger partial charge >= 0.3 is 0 Å². The van der Waals surface area contributed by atoms with Gasteiger partial charge < -0.3 is 10.1 Å². The van der Waals surface area contributed by atoms with E-state index in [1.165, 1.54) is 0 Å². The fourth-order valence-corrected chi connectivity index (χ4v) is 3.34. The van der Waals surface area contributed by atoms with Crippen molar-refractivity contribution < 1.29 is 4.74 Å². The number of ether oxygens (including phenoxy) is 1. The molecule has 0 aliphatic rings. The molecule has 0 aliphatic heterocycles. The predicted octanol–water partition coefficient (Wildman–Crippen LogP) is 7.00. The van der Waals surface area contributed by atoms with Crippen molar-refractivity contribution in [3.8, 4) is 22.8 Å². The van der Waals surface area contributed by atoms with Crippen molar-refractivity contribution >= 4 is 33.8 Å². The second kappa shape index (κ2) is 7.60. The summed E-state index contributed by atoms with van der Waals surface area (Å²) in [7, 11) is 0. The Balaban J connectivity index is 1.49. The maximum atomic E-state index is 5.94. The second-order valence-electron chi connectivity index (χ2n) is 5.61. The second-order valence-corrected chi connectivity index (χ2v) is 6.91. The number of nitrogens with one attached hydrogen (secondary N) is 1. The van der Waals surface area contributed by atoms with Crippen LogP contribution in [0.1, 0.15) is 0 Å². The number of benzene rings is 3. The molecule has 3 nitrogen and oxygen atoms in total. The van der Waals surface area contributed by atoms with Crippen LogP contribution in [0.5, 0.6) is 11.5 Å². The highest BCUT2D eigenvalue weighted by Gasteiger charge is 2.06. The molecule has 0 spiro atoms. The summed E-state index contributed by atoms with van der Waals surface area (Å²) in [6.45, 7) is 0. The number of para-hydroxylation sites is 1. The van der Waals surface area contributed by atoms with Gasteiger partial charge in [0.05, 0.1) is 5.69 Å². The van der Waals surface area contributed by atoms with E-state index in [0.29, 0.717) is 0 Å². The van der Waals surface area contributed by atoms with Crippen molar-refractivity contribution in [2.75, 3.05) is 5.32 Å². The van der Waals surface area contributed by atoms with Crippen molar-refractivity contribution in [1.82, 2.24) is 4.98 Å². The Bertz CT molecular complexity index is 1000. The summed E-state index contributed by atoms with van der Waals surface area (Å²) in [4.78, 5) is 4.64. The molecular weight excluding hydrogens is 364 g/mol. The number of thiazole rings is 1. The van der Waals surface area contributed by atoms with Gasteiger partial charge in [0.15, 0.2) is 5.13 Å². The van der Waals surface area contributed by atoms with Gasteiger partial charge in [0.25, 0.3) is 0 Å². The van der Waals surface area contributed by atoms with E-state index in [-0.39, 0.29) is 0 Å². The molecule has 0 bridgehead atoms. The lowest BCUT2D eigenvalue weighted by Gasteiger charge is -2.08. The number of halogens is 1. The lowest BCUT2D eigenvalue weighted by molar-refractivity contribution is 0.483. The third kappa shape index (κ3) is 4.04. The number of nitrogens with zero attached hydrogens (tertiary/aromatic N) is 1. The van der Waals surface area contributed by atoms with Crippen molar-refractivity contribution in [2.45, 2.75) is 0 Å².